The Morgan fingerprint density at radius 1 is 1.14 bits per heavy atom. The molecule has 28 heavy (non-hydrogen) atoms. The van der Waals surface area contributed by atoms with E-state index in [4.69, 9.17) is 4.74 Å². The van der Waals surface area contributed by atoms with Crippen LogP contribution in [0.3, 0.4) is 0 Å². The number of benzene rings is 2. The lowest BCUT2D eigenvalue weighted by atomic mass is 9.89. The molecule has 152 valence electrons. The van der Waals surface area contributed by atoms with Crippen LogP contribution in [0.25, 0.3) is 0 Å². The molecule has 1 saturated heterocycles. The van der Waals surface area contributed by atoms with Crippen molar-refractivity contribution < 1.29 is 4.74 Å². The highest BCUT2D eigenvalue weighted by Crippen LogP contribution is 2.33. The monoisotopic (exact) mass is 493 g/mol. The van der Waals surface area contributed by atoms with Crippen LogP contribution in [0.5, 0.6) is 0 Å². The standard InChI is InChI=1S/C23H31N3O.HI/c1-17-11-13-20(14-12-17)22-21(10-7-15-27-22)16-25-23(24-3)26-18(2)19-8-5-4-6-9-19;/h4-6,8-9,11-14,18,21-22H,7,10,15-16H2,1-3H3,(H2,24,25,26);1H. The summed E-state index contributed by atoms with van der Waals surface area (Å²) in [4.78, 5) is 4.40. The van der Waals surface area contributed by atoms with Gasteiger partial charge in [0.15, 0.2) is 5.96 Å². The molecule has 1 aliphatic heterocycles. The van der Waals surface area contributed by atoms with E-state index in [1.165, 1.54) is 16.7 Å². The third kappa shape index (κ3) is 6.21. The summed E-state index contributed by atoms with van der Waals surface area (Å²) in [7, 11) is 1.82. The molecule has 2 aromatic rings. The molecular weight excluding hydrogens is 461 g/mol. The zero-order valence-corrected chi connectivity index (χ0v) is 19.4. The number of aliphatic imine (C=N–C) groups is 1. The molecule has 0 saturated carbocycles. The van der Waals surface area contributed by atoms with Gasteiger partial charge in [0.2, 0.25) is 0 Å². The number of nitrogens with one attached hydrogen (secondary N) is 2. The first kappa shape index (κ1) is 22.7. The zero-order chi connectivity index (χ0) is 19.1. The lowest BCUT2D eigenvalue weighted by Gasteiger charge is -2.33. The van der Waals surface area contributed by atoms with E-state index in [1.807, 2.05) is 13.1 Å². The van der Waals surface area contributed by atoms with Crippen molar-refractivity contribution in [3.63, 3.8) is 0 Å². The van der Waals surface area contributed by atoms with Crippen LogP contribution in [0.15, 0.2) is 59.6 Å². The topological polar surface area (TPSA) is 45.7 Å². The highest BCUT2D eigenvalue weighted by Gasteiger charge is 2.27. The molecule has 3 atom stereocenters. The number of aryl methyl sites for hydroxylation is 1. The van der Waals surface area contributed by atoms with Gasteiger partial charge < -0.3 is 15.4 Å². The maximum atomic E-state index is 6.13. The summed E-state index contributed by atoms with van der Waals surface area (Å²) in [5.74, 6) is 1.27. The Balaban J connectivity index is 0.00000280. The fourth-order valence-corrected chi connectivity index (χ4v) is 3.63. The third-order valence-corrected chi connectivity index (χ3v) is 5.26. The van der Waals surface area contributed by atoms with Crippen LogP contribution < -0.4 is 10.6 Å². The molecule has 1 heterocycles. The Labute approximate surface area is 186 Å². The second-order valence-corrected chi connectivity index (χ2v) is 7.33. The molecule has 3 rings (SSSR count). The number of rotatable bonds is 5. The van der Waals surface area contributed by atoms with Gasteiger partial charge in [-0.15, -0.1) is 24.0 Å². The average molecular weight is 493 g/mol. The molecule has 5 heteroatoms. The number of halogens is 1. The Kier molecular flexibility index (Phi) is 9.25. The van der Waals surface area contributed by atoms with Crippen molar-refractivity contribution in [2.24, 2.45) is 10.9 Å². The van der Waals surface area contributed by atoms with Gasteiger partial charge in [-0.05, 0) is 37.8 Å². The second kappa shape index (κ2) is 11.4. The summed E-state index contributed by atoms with van der Waals surface area (Å²) in [5.41, 5.74) is 3.80. The normalized spacial score (nSPS) is 20.8. The highest BCUT2D eigenvalue weighted by molar-refractivity contribution is 14.0. The summed E-state index contributed by atoms with van der Waals surface area (Å²) < 4.78 is 6.13. The molecule has 2 aromatic carbocycles. The molecule has 2 N–H and O–H groups in total. The van der Waals surface area contributed by atoms with E-state index >= 15 is 0 Å². The van der Waals surface area contributed by atoms with Gasteiger partial charge in [-0.3, -0.25) is 4.99 Å². The van der Waals surface area contributed by atoms with Crippen molar-refractivity contribution in [2.45, 2.75) is 38.8 Å². The van der Waals surface area contributed by atoms with Crippen molar-refractivity contribution in [1.82, 2.24) is 10.6 Å². The summed E-state index contributed by atoms with van der Waals surface area (Å²) in [6.07, 6.45) is 2.43. The van der Waals surface area contributed by atoms with Crippen LogP contribution in [0.1, 0.15) is 48.6 Å². The van der Waals surface area contributed by atoms with Crippen LogP contribution in [-0.2, 0) is 4.74 Å². The van der Waals surface area contributed by atoms with E-state index in [9.17, 15) is 0 Å². The van der Waals surface area contributed by atoms with Crippen molar-refractivity contribution in [2.75, 3.05) is 20.2 Å². The molecule has 1 fully saturated rings. The Bertz CT molecular complexity index is 733. The van der Waals surface area contributed by atoms with Gasteiger partial charge in [0.05, 0.1) is 12.1 Å². The van der Waals surface area contributed by atoms with Crippen molar-refractivity contribution >= 4 is 29.9 Å². The van der Waals surface area contributed by atoms with Gasteiger partial charge in [-0.1, -0.05) is 60.2 Å². The predicted molar refractivity (Wildman–Crippen MR) is 127 cm³/mol. The minimum Gasteiger partial charge on any atom is -0.373 e. The molecule has 0 aliphatic carbocycles. The summed E-state index contributed by atoms with van der Waals surface area (Å²) in [6.45, 7) is 5.96. The minimum absolute atomic E-state index is 0. The molecular formula is C23H32IN3O. The van der Waals surface area contributed by atoms with Gasteiger partial charge in [0.1, 0.15) is 0 Å². The Morgan fingerprint density at radius 2 is 1.86 bits per heavy atom. The maximum absolute atomic E-state index is 6.13. The van der Waals surface area contributed by atoms with E-state index in [-0.39, 0.29) is 36.1 Å². The molecule has 0 aromatic heterocycles. The van der Waals surface area contributed by atoms with Gasteiger partial charge in [-0.2, -0.15) is 0 Å². The van der Waals surface area contributed by atoms with E-state index in [0.29, 0.717) is 5.92 Å². The number of ether oxygens (including phenoxy) is 1. The Hall–Kier alpha value is -1.60. The molecule has 0 amide bonds. The SMILES string of the molecule is CN=C(NCC1CCCOC1c1ccc(C)cc1)NC(C)c1ccccc1.I. The van der Waals surface area contributed by atoms with Crippen molar-refractivity contribution in [3.8, 4) is 0 Å². The highest BCUT2D eigenvalue weighted by atomic mass is 127. The first-order valence-electron chi connectivity index (χ1n) is 9.87. The van der Waals surface area contributed by atoms with E-state index in [0.717, 1.165) is 32.0 Å². The van der Waals surface area contributed by atoms with Crippen LogP contribution in [0.4, 0.5) is 0 Å². The lowest BCUT2D eigenvalue weighted by molar-refractivity contribution is -0.0265. The molecule has 0 radical (unpaired) electrons. The lowest BCUT2D eigenvalue weighted by Crippen LogP contribution is -2.42. The summed E-state index contributed by atoms with van der Waals surface area (Å²) >= 11 is 0. The zero-order valence-electron chi connectivity index (χ0n) is 17.0. The van der Waals surface area contributed by atoms with Crippen molar-refractivity contribution in [1.29, 1.82) is 0 Å². The van der Waals surface area contributed by atoms with Crippen LogP contribution >= 0.6 is 24.0 Å². The first-order chi connectivity index (χ1) is 13.2. The smallest absolute Gasteiger partial charge is 0.191 e. The number of nitrogens with zero attached hydrogens (tertiary/aromatic N) is 1. The quantitative estimate of drug-likeness (QED) is 0.350. The maximum Gasteiger partial charge on any atom is 0.191 e. The van der Waals surface area contributed by atoms with Crippen molar-refractivity contribution in [3.05, 3.63) is 71.3 Å². The summed E-state index contributed by atoms with van der Waals surface area (Å²) in [5, 5.41) is 6.99. The number of guanidine groups is 1. The predicted octanol–water partition coefficient (Wildman–Crippen LogP) is 5.01. The first-order valence-corrected chi connectivity index (χ1v) is 9.87. The van der Waals surface area contributed by atoms with Crippen LogP contribution in [0.2, 0.25) is 0 Å². The second-order valence-electron chi connectivity index (χ2n) is 7.33. The van der Waals surface area contributed by atoms with Gasteiger partial charge in [0, 0.05) is 26.1 Å². The van der Waals surface area contributed by atoms with Crippen LogP contribution in [-0.4, -0.2) is 26.2 Å². The molecule has 0 spiro atoms. The molecule has 3 unspecified atom stereocenters. The fraction of sp³-hybridized carbons (Fsp3) is 0.435. The van der Waals surface area contributed by atoms with E-state index in [1.54, 1.807) is 0 Å². The minimum atomic E-state index is 0. The summed E-state index contributed by atoms with van der Waals surface area (Å²) in [6, 6.07) is 19.4. The molecule has 0 bridgehead atoms. The number of hydrogen-bond acceptors (Lipinski definition) is 2. The van der Waals surface area contributed by atoms with Gasteiger partial charge in [0.25, 0.3) is 0 Å². The molecule has 1 aliphatic rings. The van der Waals surface area contributed by atoms with Crippen LogP contribution in [0, 0.1) is 12.8 Å². The third-order valence-electron chi connectivity index (χ3n) is 5.26. The Morgan fingerprint density at radius 3 is 2.54 bits per heavy atom. The van der Waals surface area contributed by atoms with E-state index in [2.05, 4.69) is 78.0 Å². The largest absolute Gasteiger partial charge is 0.373 e. The van der Waals surface area contributed by atoms with Gasteiger partial charge in [-0.25, -0.2) is 0 Å². The fourth-order valence-electron chi connectivity index (χ4n) is 3.63. The van der Waals surface area contributed by atoms with Gasteiger partial charge >= 0.3 is 0 Å². The number of hydrogen-bond donors (Lipinski definition) is 2. The molecule has 4 nitrogen and oxygen atoms in total. The van der Waals surface area contributed by atoms with E-state index < -0.39 is 0 Å². The average Bonchev–Trinajstić information content (AvgIpc) is 2.72.